The van der Waals surface area contributed by atoms with E-state index in [-0.39, 0.29) is 12.4 Å². The maximum Gasteiger partial charge on any atom is 0.425 e. The van der Waals surface area contributed by atoms with Gasteiger partial charge in [-0.3, -0.25) is 0 Å². The quantitative estimate of drug-likeness (QED) is 0.890. The van der Waals surface area contributed by atoms with Crippen molar-refractivity contribution in [2.75, 3.05) is 6.61 Å². The van der Waals surface area contributed by atoms with Crippen LogP contribution in [-0.2, 0) is 0 Å². The third-order valence-corrected chi connectivity index (χ3v) is 4.01. The zero-order valence-electron chi connectivity index (χ0n) is 12.6. The highest BCUT2D eigenvalue weighted by Crippen LogP contribution is 2.40. The number of benzene rings is 1. The number of alkyl halides is 3. The molecular weight excluding hydrogens is 313 g/mol. The smallest absolute Gasteiger partial charge is 0.425 e. The number of aliphatic hydroxyl groups excluding tert-OH is 1. The van der Waals surface area contributed by atoms with Crippen LogP contribution in [0.4, 0.5) is 18.0 Å². The van der Waals surface area contributed by atoms with E-state index in [0.29, 0.717) is 18.4 Å². The number of hydrogen-bond donors (Lipinski definition) is 2. The molecule has 2 amide bonds. The molecule has 1 aromatic rings. The lowest BCUT2D eigenvalue weighted by Crippen LogP contribution is -2.42. The molecular formula is C15H19F3N2O3. The number of carbonyl (C=O) groups is 1. The summed E-state index contributed by atoms with van der Waals surface area (Å²) < 4.78 is 43.2. The van der Waals surface area contributed by atoms with E-state index in [2.05, 4.69) is 0 Å². The van der Waals surface area contributed by atoms with Crippen LogP contribution in [0.1, 0.15) is 31.4 Å². The Labute approximate surface area is 131 Å². The van der Waals surface area contributed by atoms with Crippen molar-refractivity contribution in [1.29, 1.82) is 0 Å². The van der Waals surface area contributed by atoms with E-state index >= 15 is 0 Å². The van der Waals surface area contributed by atoms with Crippen molar-refractivity contribution in [3.8, 4) is 5.75 Å². The van der Waals surface area contributed by atoms with Crippen molar-refractivity contribution in [3.05, 3.63) is 29.8 Å². The number of nitrogens with two attached hydrogens (primary N) is 1. The molecule has 0 aliphatic carbocycles. The van der Waals surface area contributed by atoms with Gasteiger partial charge >= 0.3 is 12.2 Å². The van der Waals surface area contributed by atoms with Gasteiger partial charge in [0.15, 0.2) is 6.10 Å². The average molecular weight is 332 g/mol. The fraction of sp³-hybridized carbons (Fsp3) is 0.533. The van der Waals surface area contributed by atoms with Gasteiger partial charge < -0.3 is 20.5 Å². The molecule has 2 rings (SSSR count). The van der Waals surface area contributed by atoms with E-state index in [0.717, 1.165) is 6.92 Å². The first-order valence-electron chi connectivity index (χ1n) is 7.26. The number of urea groups is 1. The van der Waals surface area contributed by atoms with Gasteiger partial charge in [0.05, 0.1) is 18.7 Å². The molecule has 0 bridgehead atoms. The first-order chi connectivity index (χ1) is 10.8. The number of hydrogen-bond acceptors (Lipinski definition) is 3. The van der Waals surface area contributed by atoms with Crippen molar-refractivity contribution in [2.24, 2.45) is 5.73 Å². The van der Waals surface area contributed by atoms with Gasteiger partial charge in [-0.25, -0.2) is 4.79 Å². The van der Waals surface area contributed by atoms with Crippen LogP contribution in [0, 0.1) is 0 Å². The van der Waals surface area contributed by atoms with Crippen LogP contribution in [0.2, 0.25) is 0 Å². The minimum atomic E-state index is -4.49. The molecule has 1 saturated heterocycles. The predicted octanol–water partition coefficient (Wildman–Crippen LogP) is 2.59. The second-order valence-corrected chi connectivity index (χ2v) is 5.51. The number of amides is 2. The molecule has 1 fully saturated rings. The Morgan fingerprint density at radius 2 is 2.09 bits per heavy atom. The predicted molar refractivity (Wildman–Crippen MR) is 76.9 cm³/mol. The molecule has 128 valence electrons. The summed E-state index contributed by atoms with van der Waals surface area (Å²) >= 11 is 0. The number of nitrogens with zero attached hydrogens (tertiary/aromatic N) is 1. The molecule has 0 radical (unpaired) electrons. The molecule has 0 aromatic heterocycles. The van der Waals surface area contributed by atoms with Crippen molar-refractivity contribution in [3.63, 3.8) is 0 Å². The maximum absolute atomic E-state index is 12.7. The lowest BCUT2D eigenvalue weighted by molar-refractivity contribution is -0.189. The highest BCUT2D eigenvalue weighted by Gasteiger charge is 2.40. The van der Waals surface area contributed by atoms with E-state index in [4.69, 9.17) is 10.5 Å². The van der Waals surface area contributed by atoms with E-state index in [1.807, 2.05) is 0 Å². The number of para-hydroxylation sites is 1. The summed E-state index contributed by atoms with van der Waals surface area (Å²) in [4.78, 5) is 13.0. The van der Waals surface area contributed by atoms with Crippen LogP contribution in [0.3, 0.4) is 0 Å². The van der Waals surface area contributed by atoms with Crippen LogP contribution in [-0.4, -0.2) is 41.0 Å². The lowest BCUT2D eigenvalue weighted by atomic mass is 10.0. The Bertz CT molecular complexity index is 565. The van der Waals surface area contributed by atoms with Gasteiger partial charge in [-0.15, -0.1) is 0 Å². The zero-order valence-corrected chi connectivity index (χ0v) is 12.6. The van der Waals surface area contributed by atoms with Crippen LogP contribution in [0.15, 0.2) is 24.3 Å². The molecule has 2 unspecified atom stereocenters. The third kappa shape index (κ3) is 3.69. The average Bonchev–Trinajstić information content (AvgIpc) is 2.90. The molecule has 0 saturated carbocycles. The first-order valence-corrected chi connectivity index (χ1v) is 7.26. The Morgan fingerprint density at radius 3 is 2.65 bits per heavy atom. The summed E-state index contributed by atoms with van der Waals surface area (Å²) in [5.41, 5.74) is 5.82. The standard InChI is InChI=1S/C15H19F3N2O3/c1-9(15(16,17)18)23-13-5-3-2-4-11(13)12-7-6-10(8-21)20(12)14(19)22/h2-5,9-10,12,21H,6-8H2,1H3,(H2,19,22)/t9-,10?,12?/m0/s1. The summed E-state index contributed by atoms with van der Waals surface area (Å²) in [6, 6.07) is 4.60. The molecule has 3 atom stereocenters. The number of likely N-dealkylation sites (tertiary alicyclic amines) is 1. The van der Waals surface area contributed by atoms with Gasteiger partial charge in [-0.05, 0) is 25.8 Å². The van der Waals surface area contributed by atoms with Crippen LogP contribution >= 0.6 is 0 Å². The van der Waals surface area contributed by atoms with Crippen LogP contribution in [0.25, 0.3) is 0 Å². The largest absolute Gasteiger partial charge is 0.481 e. The summed E-state index contributed by atoms with van der Waals surface area (Å²) in [7, 11) is 0. The topological polar surface area (TPSA) is 75.8 Å². The fourth-order valence-corrected chi connectivity index (χ4v) is 2.82. The van der Waals surface area contributed by atoms with Crippen LogP contribution < -0.4 is 10.5 Å². The van der Waals surface area contributed by atoms with Crippen molar-refractivity contribution >= 4 is 6.03 Å². The SMILES string of the molecule is C[C@H](Oc1ccccc1C1CCC(CO)N1C(N)=O)C(F)(F)F. The minimum absolute atomic E-state index is 0.0622. The van der Waals surface area contributed by atoms with Gasteiger partial charge in [0.2, 0.25) is 0 Å². The number of halogens is 3. The van der Waals surface area contributed by atoms with Gasteiger partial charge in [0.25, 0.3) is 0 Å². The molecule has 1 aliphatic rings. The second kappa shape index (κ2) is 6.66. The lowest BCUT2D eigenvalue weighted by Gasteiger charge is -2.29. The minimum Gasteiger partial charge on any atom is -0.481 e. The monoisotopic (exact) mass is 332 g/mol. The number of primary amides is 1. The first kappa shape index (κ1) is 17.4. The molecule has 23 heavy (non-hydrogen) atoms. The fourth-order valence-electron chi connectivity index (χ4n) is 2.82. The zero-order chi connectivity index (χ0) is 17.2. The van der Waals surface area contributed by atoms with Gasteiger partial charge in [-0.1, -0.05) is 18.2 Å². The molecule has 1 heterocycles. The Balaban J connectivity index is 2.31. The summed E-state index contributed by atoms with van der Waals surface area (Å²) in [5.74, 6) is 0.0622. The molecule has 1 aromatic carbocycles. The highest BCUT2D eigenvalue weighted by atomic mass is 19.4. The van der Waals surface area contributed by atoms with Crippen molar-refractivity contribution in [1.82, 2.24) is 4.90 Å². The molecule has 5 nitrogen and oxygen atoms in total. The van der Waals surface area contributed by atoms with E-state index < -0.39 is 30.4 Å². The van der Waals surface area contributed by atoms with Gasteiger partial charge in [0, 0.05) is 5.56 Å². The third-order valence-electron chi connectivity index (χ3n) is 4.01. The Kier molecular flexibility index (Phi) is 5.03. The van der Waals surface area contributed by atoms with E-state index in [9.17, 15) is 23.1 Å². The molecule has 0 spiro atoms. The normalized spacial score (nSPS) is 22.9. The number of carbonyl (C=O) groups excluding carboxylic acids is 1. The Morgan fingerprint density at radius 1 is 1.43 bits per heavy atom. The number of aliphatic hydroxyl groups is 1. The number of rotatable bonds is 4. The molecule has 1 aliphatic heterocycles. The van der Waals surface area contributed by atoms with Gasteiger partial charge in [-0.2, -0.15) is 13.2 Å². The number of ether oxygens (including phenoxy) is 1. The van der Waals surface area contributed by atoms with E-state index in [1.54, 1.807) is 18.2 Å². The summed E-state index contributed by atoms with van der Waals surface area (Å²) in [5, 5.41) is 9.34. The van der Waals surface area contributed by atoms with Crippen LogP contribution in [0.5, 0.6) is 5.75 Å². The van der Waals surface area contributed by atoms with E-state index in [1.165, 1.54) is 11.0 Å². The maximum atomic E-state index is 12.7. The molecule has 8 heteroatoms. The van der Waals surface area contributed by atoms with Crippen molar-refractivity contribution in [2.45, 2.75) is 44.1 Å². The van der Waals surface area contributed by atoms with Crippen molar-refractivity contribution < 1.29 is 27.8 Å². The highest BCUT2D eigenvalue weighted by molar-refractivity contribution is 5.73. The summed E-state index contributed by atoms with van der Waals surface area (Å²) in [6.45, 7) is 0.676. The second-order valence-electron chi connectivity index (χ2n) is 5.51. The summed E-state index contributed by atoms with van der Waals surface area (Å²) in [6.07, 6.45) is -5.44. The van der Waals surface area contributed by atoms with Gasteiger partial charge in [0.1, 0.15) is 5.75 Å². The molecule has 3 N–H and O–H groups in total. The Hall–Kier alpha value is -1.96.